The molecular weight excluding hydrogens is 354 g/mol. The van der Waals surface area contributed by atoms with Gasteiger partial charge < -0.3 is 15.0 Å². The minimum absolute atomic E-state index is 0.0407. The Morgan fingerprint density at radius 2 is 2.07 bits per heavy atom. The molecule has 2 heterocycles. The number of ether oxygens (including phenoxy) is 1. The maximum Gasteiger partial charge on any atom is 0.254 e. The van der Waals surface area contributed by atoms with Crippen molar-refractivity contribution in [2.24, 2.45) is 0 Å². The molecule has 2 aromatic rings. The summed E-state index contributed by atoms with van der Waals surface area (Å²) in [6.07, 6.45) is 6.82. The van der Waals surface area contributed by atoms with Crippen molar-refractivity contribution in [2.45, 2.75) is 32.0 Å². The largest absolute Gasteiger partial charge is 0.376 e. The molecule has 2 amide bonds. The molecule has 1 aliphatic rings. The second-order valence-corrected chi connectivity index (χ2v) is 6.80. The van der Waals surface area contributed by atoms with Gasteiger partial charge in [-0.2, -0.15) is 0 Å². The number of carbonyl (C=O) groups is 2. The SMILES string of the molecule is C=CC(=O)NCc1ccc(C(=O)N(Cc2cccnc2)CC2CCCO2)cc1. The van der Waals surface area contributed by atoms with Gasteiger partial charge in [-0.3, -0.25) is 14.6 Å². The summed E-state index contributed by atoms with van der Waals surface area (Å²) in [7, 11) is 0. The van der Waals surface area contributed by atoms with Gasteiger partial charge in [0.15, 0.2) is 0 Å². The van der Waals surface area contributed by atoms with E-state index in [2.05, 4.69) is 16.9 Å². The van der Waals surface area contributed by atoms with Crippen LogP contribution in [-0.4, -0.2) is 41.0 Å². The van der Waals surface area contributed by atoms with Gasteiger partial charge in [-0.1, -0.05) is 24.8 Å². The molecule has 1 aliphatic heterocycles. The standard InChI is InChI=1S/C22H25N3O3/c1-2-21(26)24-14-17-7-9-19(10-8-17)22(27)25(16-20-6-4-12-28-20)15-18-5-3-11-23-13-18/h2-3,5,7-11,13,20H,1,4,6,12,14-16H2,(H,24,26). The molecule has 0 radical (unpaired) electrons. The van der Waals surface area contributed by atoms with Gasteiger partial charge >= 0.3 is 0 Å². The molecule has 0 bridgehead atoms. The zero-order valence-electron chi connectivity index (χ0n) is 15.8. The minimum Gasteiger partial charge on any atom is -0.376 e. The van der Waals surface area contributed by atoms with Crippen molar-refractivity contribution in [1.82, 2.24) is 15.2 Å². The lowest BCUT2D eigenvalue weighted by atomic mass is 10.1. The molecule has 0 spiro atoms. The molecule has 1 fully saturated rings. The second-order valence-electron chi connectivity index (χ2n) is 6.80. The van der Waals surface area contributed by atoms with Crippen LogP contribution >= 0.6 is 0 Å². The number of benzene rings is 1. The Morgan fingerprint density at radius 3 is 2.71 bits per heavy atom. The third-order valence-electron chi connectivity index (χ3n) is 4.68. The van der Waals surface area contributed by atoms with Crippen molar-refractivity contribution in [3.8, 4) is 0 Å². The van der Waals surface area contributed by atoms with Gasteiger partial charge in [0.1, 0.15) is 0 Å². The van der Waals surface area contributed by atoms with Crippen LogP contribution in [0.3, 0.4) is 0 Å². The molecule has 1 saturated heterocycles. The Kier molecular flexibility index (Phi) is 6.92. The zero-order chi connectivity index (χ0) is 19.8. The first-order valence-electron chi connectivity index (χ1n) is 9.44. The number of aromatic nitrogens is 1. The third-order valence-corrected chi connectivity index (χ3v) is 4.68. The molecular formula is C22H25N3O3. The molecule has 6 heteroatoms. The smallest absolute Gasteiger partial charge is 0.254 e. The average molecular weight is 379 g/mol. The fourth-order valence-corrected chi connectivity index (χ4v) is 3.17. The highest BCUT2D eigenvalue weighted by molar-refractivity contribution is 5.94. The highest BCUT2D eigenvalue weighted by Crippen LogP contribution is 2.17. The van der Waals surface area contributed by atoms with Gasteiger partial charge in [-0.15, -0.1) is 0 Å². The second kappa shape index (κ2) is 9.80. The Hall–Kier alpha value is -2.99. The zero-order valence-corrected chi connectivity index (χ0v) is 15.8. The van der Waals surface area contributed by atoms with E-state index in [1.807, 2.05) is 29.2 Å². The normalized spacial score (nSPS) is 15.8. The van der Waals surface area contributed by atoms with Crippen molar-refractivity contribution < 1.29 is 14.3 Å². The van der Waals surface area contributed by atoms with Crippen LogP contribution in [0, 0.1) is 0 Å². The maximum absolute atomic E-state index is 13.1. The fraction of sp³-hybridized carbons (Fsp3) is 0.318. The molecule has 28 heavy (non-hydrogen) atoms. The van der Waals surface area contributed by atoms with Crippen LogP contribution in [-0.2, 0) is 22.6 Å². The fourth-order valence-electron chi connectivity index (χ4n) is 3.17. The maximum atomic E-state index is 13.1. The summed E-state index contributed by atoms with van der Waals surface area (Å²) in [6.45, 7) is 5.63. The third kappa shape index (κ3) is 5.50. The number of hydrogen-bond acceptors (Lipinski definition) is 4. The quantitative estimate of drug-likeness (QED) is 0.716. The van der Waals surface area contributed by atoms with Crippen molar-refractivity contribution in [1.29, 1.82) is 0 Å². The van der Waals surface area contributed by atoms with E-state index >= 15 is 0 Å². The Balaban J connectivity index is 1.70. The molecule has 0 saturated carbocycles. The van der Waals surface area contributed by atoms with Crippen LogP contribution < -0.4 is 5.32 Å². The predicted molar refractivity (Wildman–Crippen MR) is 106 cm³/mol. The van der Waals surface area contributed by atoms with Gasteiger partial charge in [0.25, 0.3) is 5.91 Å². The van der Waals surface area contributed by atoms with Crippen LogP contribution in [0.25, 0.3) is 0 Å². The number of amides is 2. The summed E-state index contributed by atoms with van der Waals surface area (Å²) in [6, 6.07) is 11.1. The van der Waals surface area contributed by atoms with Crippen molar-refractivity contribution in [2.75, 3.05) is 13.2 Å². The van der Waals surface area contributed by atoms with Crippen LogP contribution in [0.5, 0.6) is 0 Å². The van der Waals surface area contributed by atoms with E-state index in [0.29, 0.717) is 25.2 Å². The van der Waals surface area contributed by atoms with Crippen LogP contribution in [0.1, 0.15) is 34.3 Å². The van der Waals surface area contributed by atoms with Gasteiger partial charge in [-0.05, 0) is 48.2 Å². The Morgan fingerprint density at radius 1 is 1.25 bits per heavy atom. The lowest BCUT2D eigenvalue weighted by Gasteiger charge is -2.25. The van der Waals surface area contributed by atoms with Crippen molar-refractivity contribution in [3.63, 3.8) is 0 Å². The molecule has 1 aromatic carbocycles. The Labute approximate surface area is 165 Å². The highest BCUT2D eigenvalue weighted by Gasteiger charge is 2.23. The molecule has 1 unspecified atom stereocenters. The van der Waals surface area contributed by atoms with Crippen molar-refractivity contribution >= 4 is 11.8 Å². The van der Waals surface area contributed by atoms with Crippen molar-refractivity contribution in [3.05, 3.63) is 78.1 Å². The summed E-state index contributed by atoms with van der Waals surface area (Å²) in [5.41, 5.74) is 2.52. The van der Waals surface area contributed by atoms with Gasteiger partial charge in [0.05, 0.1) is 6.10 Å². The number of rotatable bonds is 8. The van der Waals surface area contributed by atoms with E-state index in [1.54, 1.807) is 24.5 Å². The van der Waals surface area contributed by atoms with Crippen LogP contribution in [0.2, 0.25) is 0 Å². The summed E-state index contributed by atoms with van der Waals surface area (Å²) < 4.78 is 5.73. The van der Waals surface area contributed by atoms with E-state index in [4.69, 9.17) is 4.74 Å². The Bertz CT molecular complexity index is 800. The first-order chi connectivity index (χ1) is 13.7. The topological polar surface area (TPSA) is 71.5 Å². The number of nitrogens with one attached hydrogen (secondary N) is 1. The van der Waals surface area contributed by atoms with E-state index in [-0.39, 0.29) is 17.9 Å². The van der Waals surface area contributed by atoms with E-state index in [1.165, 1.54) is 6.08 Å². The lowest BCUT2D eigenvalue weighted by Crippen LogP contribution is -2.37. The molecule has 6 nitrogen and oxygen atoms in total. The number of pyridine rings is 1. The molecule has 0 aliphatic carbocycles. The van der Waals surface area contributed by atoms with Crippen LogP contribution in [0.15, 0.2) is 61.4 Å². The highest BCUT2D eigenvalue weighted by atomic mass is 16.5. The first-order valence-corrected chi connectivity index (χ1v) is 9.44. The number of carbonyl (C=O) groups excluding carboxylic acids is 2. The summed E-state index contributed by atoms with van der Waals surface area (Å²) in [5, 5.41) is 2.73. The van der Waals surface area contributed by atoms with Gasteiger partial charge in [0.2, 0.25) is 5.91 Å². The molecule has 1 aromatic heterocycles. The monoisotopic (exact) mass is 379 g/mol. The molecule has 1 atom stereocenters. The average Bonchev–Trinajstić information content (AvgIpc) is 3.25. The molecule has 3 rings (SSSR count). The molecule has 1 N–H and O–H groups in total. The van der Waals surface area contributed by atoms with E-state index in [0.717, 1.165) is 30.6 Å². The molecule has 146 valence electrons. The van der Waals surface area contributed by atoms with E-state index < -0.39 is 0 Å². The summed E-state index contributed by atoms with van der Waals surface area (Å²) in [5.74, 6) is -0.264. The predicted octanol–water partition coefficient (Wildman–Crippen LogP) is 2.71. The lowest BCUT2D eigenvalue weighted by molar-refractivity contribution is -0.116. The van der Waals surface area contributed by atoms with Crippen LogP contribution in [0.4, 0.5) is 0 Å². The number of hydrogen-bond donors (Lipinski definition) is 1. The van der Waals surface area contributed by atoms with Gasteiger partial charge in [-0.25, -0.2) is 0 Å². The number of nitrogens with zero attached hydrogens (tertiary/aromatic N) is 2. The van der Waals surface area contributed by atoms with E-state index in [9.17, 15) is 9.59 Å². The first kappa shape index (κ1) is 19.8. The minimum atomic E-state index is -0.223. The van der Waals surface area contributed by atoms with Gasteiger partial charge in [0, 0.05) is 44.2 Å². The summed E-state index contributed by atoms with van der Waals surface area (Å²) in [4.78, 5) is 30.4. The summed E-state index contributed by atoms with van der Waals surface area (Å²) >= 11 is 0.